The second-order valence-corrected chi connectivity index (χ2v) is 9.86. The molecule has 2 aromatic rings. The number of thioether (sulfide) groups is 2. The summed E-state index contributed by atoms with van der Waals surface area (Å²) in [5.74, 6) is 1.16. The molecule has 3 rings (SSSR count). The van der Waals surface area contributed by atoms with E-state index in [1.165, 1.54) is 17.4 Å². The molecule has 0 radical (unpaired) electrons. The lowest BCUT2D eigenvalue weighted by atomic mass is 10.1. The Kier molecular flexibility index (Phi) is 7.03. The first-order chi connectivity index (χ1) is 13.5. The van der Waals surface area contributed by atoms with E-state index in [4.69, 9.17) is 5.73 Å². The van der Waals surface area contributed by atoms with Crippen LogP contribution in [0.4, 0.5) is 0 Å². The minimum Gasteiger partial charge on any atom is -0.366 e. The number of hydrogen-bond acceptors (Lipinski definition) is 6. The monoisotopic (exact) mass is 435 g/mol. The van der Waals surface area contributed by atoms with Crippen molar-refractivity contribution in [1.29, 1.82) is 0 Å². The van der Waals surface area contributed by atoms with E-state index in [1.54, 1.807) is 40.9 Å². The zero-order valence-corrected chi connectivity index (χ0v) is 17.7. The molecule has 1 saturated heterocycles. The largest absolute Gasteiger partial charge is 0.366 e. The molecule has 1 aliphatic heterocycles. The zero-order valence-electron chi connectivity index (χ0n) is 15.3. The Morgan fingerprint density at radius 2 is 1.89 bits per heavy atom. The number of rotatable bonds is 7. The molecule has 6 nitrogen and oxygen atoms in total. The summed E-state index contributed by atoms with van der Waals surface area (Å²) in [5, 5.41) is 4.45. The number of amides is 3. The van der Waals surface area contributed by atoms with Crippen molar-refractivity contribution in [2.24, 2.45) is 5.73 Å². The molecule has 0 aliphatic carbocycles. The highest BCUT2D eigenvalue weighted by atomic mass is 32.2. The van der Waals surface area contributed by atoms with Crippen LogP contribution < -0.4 is 11.1 Å². The van der Waals surface area contributed by atoms with Crippen molar-refractivity contribution in [3.63, 3.8) is 0 Å². The van der Waals surface area contributed by atoms with Crippen molar-refractivity contribution in [3.05, 3.63) is 57.8 Å². The molecule has 0 spiro atoms. The lowest BCUT2D eigenvalue weighted by Crippen LogP contribution is -2.41. The summed E-state index contributed by atoms with van der Waals surface area (Å²) in [6, 6.07) is 10.9. The van der Waals surface area contributed by atoms with E-state index in [0.717, 1.165) is 17.1 Å². The standard InChI is InChI=1S/C19H21N3O3S3/c1-22(18(25)19-26-7-8-27-19)14(12-5-3-2-4-6-12)10-21-17(24)15-9-13(11-28-15)16(20)23/h2-6,9,11,14,19H,7-8,10H2,1H3,(H2,20,23)(H,21,24). The summed E-state index contributed by atoms with van der Waals surface area (Å²) in [7, 11) is 1.78. The zero-order chi connectivity index (χ0) is 20.1. The highest BCUT2D eigenvalue weighted by molar-refractivity contribution is 8.21. The first-order valence-corrected chi connectivity index (χ1v) is 11.7. The average Bonchev–Trinajstić information content (AvgIpc) is 3.40. The van der Waals surface area contributed by atoms with Gasteiger partial charge in [0.25, 0.3) is 5.91 Å². The van der Waals surface area contributed by atoms with E-state index in [0.29, 0.717) is 10.4 Å². The van der Waals surface area contributed by atoms with Crippen molar-refractivity contribution < 1.29 is 14.4 Å². The van der Waals surface area contributed by atoms with Crippen LogP contribution in [0, 0.1) is 0 Å². The second-order valence-electron chi connectivity index (χ2n) is 6.22. The van der Waals surface area contributed by atoms with Gasteiger partial charge in [0.2, 0.25) is 11.8 Å². The van der Waals surface area contributed by atoms with Crippen LogP contribution in [0.5, 0.6) is 0 Å². The Bertz CT molecular complexity index is 850. The maximum Gasteiger partial charge on any atom is 0.261 e. The van der Waals surface area contributed by atoms with Gasteiger partial charge in [-0.15, -0.1) is 34.9 Å². The minimum atomic E-state index is -0.561. The van der Waals surface area contributed by atoms with Crippen molar-refractivity contribution in [3.8, 4) is 0 Å². The number of primary amides is 1. The molecular formula is C19H21N3O3S3. The molecule has 3 N–H and O–H groups in total. The van der Waals surface area contributed by atoms with Crippen LogP contribution in [-0.2, 0) is 4.79 Å². The third-order valence-corrected chi connectivity index (χ3v) is 8.28. The maximum absolute atomic E-state index is 12.9. The third-order valence-electron chi connectivity index (χ3n) is 4.39. The Morgan fingerprint density at radius 1 is 1.21 bits per heavy atom. The topological polar surface area (TPSA) is 92.5 Å². The number of nitrogens with zero attached hydrogens (tertiary/aromatic N) is 1. The smallest absolute Gasteiger partial charge is 0.261 e. The molecule has 28 heavy (non-hydrogen) atoms. The minimum absolute atomic E-state index is 0.0581. The highest BCUT2D eigenvalue weighted by Gasteiger charge is 2.31. The summed E-state index contributed by atoms with van der Waals surface area (Å²) >= 11 is 4.49. The van der Waals surface area contributed by atoms with Gasteiger partial charge >= 0.3 is 0 Å². The summed E-state index contributed by atoms with van der Waals surface area (Å²) in [4.78, 5) is 38.7. The summed E-state index contributed by atoms with van der Waals surface area (Å²) in [6.07, 6.45) is 0. The first kappa shape index (κ1) is 20.8. The molecule has 1 aliphatic rings. The van der Waals surface area contributed by atoms with Gasteiger partial charge in [0.1, 0.15) is 4.58 Å². The van der Waals surface area contributed by atoms with Crippen molar-refractivity contribution >= 4 is 52.6 Å². The van der Waals surface area contributed by atoms with Crippen LogP contribution in [0.3, 0.4) is 0 Å². The van der Waals surface area contributed by atoms with Gasteiger partial charge in [0, 0.05) is 30.5 Å². The van der Waals surface area contributed by atoms with Crippen LogP contribution in [0.2, 0.25) is 0 Å². The van der Waals surface area contributed by atoms with Crippen LogP contribution in [0.15, 0.2) is 41.8 Å². The molecule has 3 amide bonds. The fourth-order valence-corrected chi connectivity index (χ4v) is 6.43. The maximum atomic E-state index is 12.9. The van der Waals surface area contributed by atoms with Crippen molar-refractivity contribution in [1.82, 2.24) is 10.2 Å². The van der Waals surface area contributed by atoms with E-state index >= 15 is 0 Å². The van der Waals surface area contributed by atoms with Gasteiger partial charge in [0.15, 0.2) is 0 Å². The highest BCUT2D eigenvalue weighted by Crippen LogP contribution is 2.34. The molecule has 1 aromatic heterocycles. The van der Waals surface area contributed by atoms with Gasteiger partial charge in [-0.1, -0.05) is 30.3 Å². The van der Waals surface area contributed by atoms with Gasteiger partial charge in [-0.3, -0.25) is 14.4 Å². The van der Waals surface area contributed by atoms with Crippen molar-refractivity contribution in [2.75, 3.05) is 25.1 Å². The van der Waals surface area contributed by atoms with Gasteiger partial charge in [-0.2, -0.15) is 0 Å². The molecule has 148 valence electrons. The number of carbonyl (C=O) groups is 3. The van der Waals surface area contributed by atoms with E-state index in [9.17, 15) is 14.4 Å². The van der Waals surface area contributed by atoms with Crippen LogP contribution >= 0.6 is 34.9 Å². The number of benzene rings is 1. The first-order valence-electron chi connectivity index (χ1n) is 8.68. The number of thiophene rings is 1. The lowest BCUT2D eigenvalue weighted by molar-refractivity contribution is -0.129. The molecule has 9 heteroatoms. The molecule has 1 atom stereocenters. The van der Waals surface area contributed by atoms with E-state index < -0.39 is 5.91 Å². The second kappa shape index (κ2) is 9.49. The molecule has 1 unspecified atom stereocenters. The van der Waals surface area contributed by atoms with Crippen molar-refractivity contribution in [2.45, 2.75) is 10.6 Å². The van der Waals surface area contributed by atoms with Gasteiger partial charge in [0.05, 0.1) is 16.5 Å². The normalized spacial score (nSPS) is 15.2. The number of carbonyl (C=O) groups excluding carboxylic acids is 3. The molecule has 2 heterocycles. The fourth-order valence-electron chi connectivity index (χ4n) is 2.84. The summed E-state index contributed by atoms with van der Waals surface area (Å²) in [6.45, 7) is 0.275. The molecule has 1 fully saturated rings. The molecule has 0 saturated carbocycles. The Morgan fingerprint density at radius 3 is 2.50 bits per heavy atom. The average molecular weight is 436 g/mol. The Balaban J connectivity index is 1.72. The van der Waals surface area contributed by atoms with Crippen LogP contribution in [-0.4, -0.2) is 52.3 Å². The number of nitrogens with one attached hydrogen (secondary N) is 1. The summed E-state index contributed by atoms with van der Waals surface area (Å²) in [5.41, 5.74) is 6.52. The number of nitrogens with two attached hydrogens (primary N) is 1. The summed E-state index contributed by atoms with van der Waals surface area (Å²) < 4.78 is -0.0951. The van der Waals surface area contributed by atoms with Crippen LogP contribution in [0.25, 0.3) is 0 Å². The quantitative estimate of drug-likeness (QED) is 0.697. The Hall–Kier alpha value is -1.97. The van der Waals surface area contributed by atoms with Crippen LogP contribution in [0.1, 0.15) is 31.6 Å². The van der Waals surface area contributed by atoms with E-state index in [1.807, 2.05) is 30.3 Å². The van der Waals surface area contributed by atoms with E-state index in [2.05, 4.69) is 5.32 Å². The predicted octanol–water partition coefficient (Wildman–Crippen LogP) is 2.58. The van der Waals surface area contributed by atoms with Gasteiger partial charge < -0.3 is 16.0 Å². The van der Waals surface area contributed by atoms with Gasteiger partial charge in [-0.25, -0.2) is 0 Å². The number of likely N-dealkylation sites (N-methyl/N-ethyl adjacent to an activating group) is 1. The van der Waals surface area contributed by atoms with Gasteiger partial charge in [-0.05, 0) is 11.6 Å². The third kappa shape index (κ3) is 4.89. The lowest BCUT2D eigenvalue weighted by Gasteiger charge is -2.30. The van der Waals surface area contributed by atoms with E-state index in [-0.39, 0.29) is 29.0 Å². The number of hydrogen-bond donors (Lipinski definition) is 2. The molecule has 1 aromatic carbocycles. The Labute approximate surface area is 176 Å². The molecular weight excluding hydrogens is 414 g/mol. The predicted molar refractivity (Wildman–Crippen MR) is 116 cm³/mol. The fraction of sp³-hybridized carbons (Fsp3) is 0.316. The molecule has 0 bridgehead atoms. The SMILES string of the molecule is CN(C(=O)C1SCCS1)C(CNC(=O)c1cc(C(N)=O)cs1)c1ccccc1.